The number of anilines is 1. The number of nitrogen functional groups attached to an aromatic ring is 1. The number of aryl methyl sites for hydroxylation is 1. The molecule has 0 atom stereocenters. The van der Waals surface area contributed by atoms with Crippen molar-refractivity contribution in [3.05, 3.63) is 52.5 Å². The van der Waals surface area contributed by atoms with Crippen LogP contribution >= 0.6 is 11.6 Å². The number of nitriles is 1. The number of fused-ring (bicyclic) bond motifs is 1. The Balaban J connectivity index is 2.38. The fourth-order valence-corrected chi connectivity index (χ4v) is 2.41. The Labute approximate surface area is 121 Å². The van der Waals surface area contributed by atoms with Gasteiger partial charge in [0.15, 0.2) is 0 Å². The van der Waals surface area contributed by atoms with Crippen molar-refractivity contribution in [3.63, 3.8) is 0 Å². The minimum atomic E-state index is 0.375. The van der Waals surface area contributed by atoms with Gasteiger partial charge in [0.25, 0.3) is 0 Å². The maximum Gasteiger partial charge on any atom is 0.205 e. The molecule has 2 aromatic carbocycles. The summed E-state index contributed by atoms with van der Waals surface area (Å²) < 4.78 is 1.82. The lowest BCUT2D eigenvalue weighted by atomic mass is 10.1. The van der Waals surface area contributed by atoms with Crippen molar-refractivity contribution in [2.24, 2.45) is 0 Å². The average Bonchev–Trinajstić information content (AvgIpc) is 2.76. The largest absolute Gasteiger partial charge is 0.369 e. The Bertz CT molecular complexity index is 858. The normalized spacial score (nSPS) is 10.7. The van der Waals surface area contributed by atoms with E-state index in [1.54, 1.807) is 18.2 Å². The van der Waals surface area contributed by atoms with Crippen molar-refractivity contribution < 1.29 is 0 Å². The number of imidazole rings is 1. The molecule has 0 aliphatic carbocycles. The molecule has 5 heteroatoms. The first-order valence-electron chi connectivity index (χ1n) is 6.05. The molecule has 0 radical (unpaired) electrons. The molecule has 0 saturated heterocycles. The molecule has 0 unspecified atom stereocenters. The maximum atomic E-state index is 9.03. The Hall–Kier alpha value is -2.51. The highest BCUT2D eigenvalue weighted by Crippen LogP contribution is 2.27. The SMILES string of the molecule is Cc1ccc(Cl)cc1-n1c(N)nc2ccc(C#N)cc21. The van der Waals surface area contributed by atoms with Crippen LogP contribution in [0, 0.1) is 18.3 Å². The van der Waals surface area contributed by atoms with Gasteiger partial charge in [-0.2, -0.15) is 5.26 Å². The van der Waals surface area contributed by atoms with Crippen molar-refractivity contribution in [1.82, 2.24) is 9.55 Å². The van der Waals surface area contributed by atoms with E-state index in [2.05, 4.69) is 11.1 Å². The fourth-order valence-electron chi connectivity index (χ4n) is 2.24. The monoisotopic (exact) mass is 282 g/mol. The zero-order valence-electron chi connectivity index (χ0n) is 10.8. The van der Waals surface area contributed by atoms with Crippen LogP contribution in [0.25, 0.3) is 16.7 Å². The standard InChI is InChI=1S/C15H11ClN4/c1-9-2-4-11(16)7-13(9)20-14-6-10(8-17)3-5-12(14)19-15(20)18/h2-7H,1H3,(H2,18,19). The van der Waals surface area contributed by atoms with E-state index in [4.69, 9.17) is 22.6 Å². The lowest BCUT2D eigenvalue weighted by Crippen LogP contribution is -2.02. The highest BCUT2D eigenvalue weighted by molar-refractivity contribution is 6.30. The van der Waals surface area contributed by atoms with E-state index in [0.717, 1.165) is 22.3 Å². The predicted molar refractivity (Wildman–Crippen MR) is 79.9 cm³/mol. The third kappa shape index (κ3) is 1.89. The molecule has 0 aliphatic heterocycles. The van der Waals surface area contributed by atoms with Gasteiger partial charge in [-0.05, 0) is 42.8 Å². The zero-order valence-corrected chi connectivity index (χ0v) is 11.5. The summed E-state index contributed by atoms with van der Waals surface area (Å²) in [5.41, 5.74) is 10.0. The summed E-state index contributed by atoms with van der Waals surface area (Å²) in [6.45, 7) is 1.98. The Kier molecular flexibility index (Phi) is 2.85. The number of nitrogens with zero attached hydrogens (tertiary/aromatic N) is 3. The smallest absolute Gasteiger partial charge is 0.205 e. The quantitative estimate of drug-likeness (QED) is 0.743. The summed E-state index contributed by atoms with van der Waals surface area (Å²) in [4.78, 5) is 4.32. The molecule has 3 aromatic rings. The number of benzene rings is 2. The van der Waals surface area contributed by atoms with Gasteiger partial charge < -0.3 is 5.73 Å². The van der Waals surface area contributed by atoms with Crippen molar-refractivity contribution in [2.75, 3.05) is 5.73 Å². The molecule has 20 heavy (non-hydrogen) atoms. The van der Waals surface area contributed by atoms with Crippen LogP contribution in [-0.2, 0) is 0 Å². The molecular weight excluding hydrogens is 272 g/mol. The summed E-state index contributed by atoms with van der Waals surface area (Å²) in [6.07, 6.45) is 0. The Morgan fingerprint density at radius 1 is 1.25 bits per heavy atom. The lowest BCUT2D eigenvalue weighted by Gasteiger charge is -2.10. The molecule has 0 spiro atoms. The predicted octanol–water partition coefficient (Wildman–Crippen LogP) is 3.44. The first-order valence-corrected chi connectivity index (χ1v) is 6.42. The molecule has 0 fully saturated rings. The van der Waals surface area contributed by atoms with Crippen LogP contribution in [0.2, 0.25) is 5.02 Å². The molecule has 98 valence electrons. The molecule has 0 aliphatic rings. The van der Waals surface area contributed by atoms with Crippen LogP contribution in [0.1, 0.15) is 11.1 Å². The van der Waals surface area contributed by atoms with Gasteiger partial charge in [-0.1, -0.05) is 17.7 Å². The molecule has 0 bridgehead atoms. The van der Waals surface area contributed by atoms with Gasteiger partial charge in [-0.15, -0.1) is 0 Å². The number of rotatable bonds is 1. The van der Waals surface area contributed by atoms with Gasteiger partial charge in [-0.3, -0.25) is 4.57 Å². The van der Waals surface area contributed by atoms with Gasteiger partial charge in [0.2, 0.25) is 5.95 Å². The van der Waals surface area contributed by atoms with Crippen LogP contribution in [-0.4, -0.2) is 9.55 Å². The zero-order chi connectivity index (χ0) is 14.3. The van der Waals surface area contributed by atoms with Crippen molar-refractivity contribution in [3.8, 4) is 11.8 Å². The molecule has 3 rings (SSSR count). The van der Waals surface area contributed by atoms with Crippen LogP contribution in [0.15, 0.2) is 36.4 Å². The third-order valence-corrected chi connectivity index (χ3v) is 3.46. The second-order valence-electron chi connectivity index (χ2n) is 4.55. The Morgan fingerprint density at radius 3 is 2.80 bits per heavy atom. The minimum absolute atomic E-state index is 0.375. The molecule has 2 N–H and O–H groups in total. The molecule has 1 heterocycles. The summed E-state index contributed by atoms with van der Waals surface area (Å²) in [5.74, 6) is 0.375. The van der Waals surface area contributed by atoms with E-state index in [1.807, 2.05) is 29.7 Å². The average molecular weight is 283 g/mol. The van der Waals surface area contributed by atoms with Gasteiger partial charge in [0.1, 0.15) is 0 Å². The van der Waals surface area contributed by atoms with Gasteiger partial charge in [-0.25, -0.2) is 4.98 Å². The summed E-state index contributed by atoms with van der Waals surface area (Å²) in [7, 11) is 0. The van der Waals surface area contributed by atoms with Crippen molar-refractivity contribution in [2.45, 2.75) is 6.92 Å². The second kappa shape index (κ2) is 4.55. The topological polar surface area (TPSA) is 67.6 Å². The van der Waals surface area contributed by atoms with E-state index in [-0.39, 0.29) is 0 Å². The molecule has 0 saturated carbocycles. The van der Waals surface area contributed by atoms with Crippen molar-refractivity contribution in [1.29, 1.82) is 5.26 Å². The fraction of sp³-hybridized carbons (Fsp3) is 0.0667. The van der Waals surface area contributed by atoms with E-state index >= 15 is 0 Å². The van der Waals surface area contributed by atoms with Crippen LogP contribution in [0.4, 0.5) is 5.95 Å². The third-order valence-electron chi connectivity index (χ3n) is 3.22. The summed E-state index contributed by atoms with van der Waals surface area (Å²) in [5, 5.41) is 9.66. The number of hydrogen-bond donors (Lipinski definition) is 1. The molecule has 0 amide bonds. The highest BCUT2D eigenvalue weighted by atomic mass is 35.5. The van der Waals surface area contributed by atoms with E-state index < -0.39 is 0 Å². The minimum Gasteiger partial charge on any atom is -0.369 e. The van der Waals surface area contributed by atoms with Crippen molar-refractivity contribution >= 4 is 28.6 Å². The molecule has 1 aromatic heterocycles. The molecule has 4 nitrogen and oxygen atoms in total. The van der Waals surface area contributed by atoms with E-state index in [1.165, 1.54) is 0 Å². The van der Waals surface area contributed by atoms with Gasteiger partial charge in [0, 0.05) is 5.02 Å². The van der Waals surface area contributed by atoms with Crippen LogP contribution < -0.4 is 5.73 Å². The first kappa shape index (κ1) is 12.5. The van der Waals surface area contributed by atoms with Gasteiger partial charge in [0.05, 0.1) is 28.4 Å². The second-order valence-corrected chi connectivity index (χ2v) is 4.99. The summed E-state index contributed by atoms with van der Waals surface area (Å²) in [6, 6.07) is 13.0. The van der Waals surface area contributed by atoms with Crippen LogP contribution in [0.5, 0.6) is 0 Å². The summed E-state index contributed by atoms with van der Waals surface area (Å²) >= 11 is 6.07. The Morgan fingerprint density at radius 2 is 2.05 bits per heavy atom. The number of hydrogen-bond acceptors (Lipinski definition) is 3. The van der Waals surface area contributed by atoms with E-state index in [0.29, 0.717) is 16.5 Å². The first-order chi connectivity index (χ1) is 9.60. The number of aromatic nitrogens is 2. The lowest BCUT2D eigenvalue weighted by molar-refractivity contribution is 1.09. The van der Waals surface area contributed by atoms with Gasteiger partial charge >= 0.3 is 0 Å². The number of nitrogens with two attached hydrogens (primary N) is 1. The highest BCUT2D eigenvalue weighted by Gasteiger charge is 2.12. The number of halogens is 1. The molecular formula is C15H11ClN4. The van der Waals surface area contributed by atoms with E-state index in [9.17, 15) is 0 Å². The maximum absolute atomic E-state index is 9.03. The van der Waals surface area contributed by atoms with Crippen LogP contribution in [0.3, 0.4) is 0 Å².